The van der Waals surface area contributed by atoms with Crippen LogP contribution in [-0.4, -0.2) is 70.4 Å². The van der Waals surface area contributed by atoms with Gasteiger partial charge in [0, 0.05) is 25.4 Å². The number of hydrogen-bond acceptors (Lipinski definition) is 8. The molecular weight excluding hydrogens is 464 g/mol. The van der Waals surface area contributed by atoms with Gasteiger partial charge in [-0.25, -0.2) is 15.0 Å². The van der Waals surface area contributed by atoms with Gasteiger partial charge in [-0.1, -0.05) is 44.2 Å². The number of rotatable bonds is 9. The molecule has 1 amide bonds. The molecule has 1 fully saturated rings. The van der Waals surface area contributed by atoms with Gasteiger partial charge in [0.15, 0.2) is 11.5 Å². The summed E-state index contributed by atoms with van der Waals surface area (Å²) in [5, 5.41) is 30.8. The number of hydrogen-bond donors (Lipinski definition) is 4. The Morgan fingerprint density at radius 2 is 1.86 bits per heavy atom. The maximum Gasteiger partial charge on any atom is 0.303 e. The molecule has 3 aromatic rings. The highest BCUT2D eigenvalue weighted by molar-refractivity contribution is 5.81. The minimum absolute atomic E-state index is 0.0480. The Kier molecular flexibility index (Phi) is 7.23. The Morgan fingerprint density at radius 1 is 1.14 bits per heavy atom. The highest BCUT2D eigenvalue weighted by Gasteiger charge is 2.44. The summed E-state index contributed by atoms with van der Waals surface area (Å²) in [4.78, 5) is 39.0. The minimum atomic E-state index is -1.10. The van der Waals surface area contributed by atoms with Crippen molar-refractivity contribution in [3.05, 3.63) is 48.5 Å². The zero-order chi connectivity index (χ0) is 26.0. The van der Waals surface area contributed by atoms with Gasteiger partial charge in [0.25, 0.3) is 0 Å². The zero-order valence-corrected chi connectivity index (χ0v) is 20.4. The van der Waals surface area contributed by atoms with Crippen molar-refractivity contribution < 1.29 is 24.9 Å². The summed E-state index contributed by atoms with van der Waals surface area (Å²) < 4.78 is 1.69. The molecule has 36 heavy (non-hydrogen) atoms. The van der Waals surface area contributed by atoms with Gasteiger partial charge in [0.05, 0.1) is 24.9 Å². The molecule has 4 rings (SSSR count). The van der Waals surface area contributed by atoms with Gasteiger partial charge in [0.2, 0.25) is 5.91 Å². The second-order valence-electron chi connectivity index (χ2n) is 10.3. The molecule has 192 valence electrons. The van der Waals surface area contributed by atoms with E-state index in [1.807, 2.05) is 30.3 Å². The smallest absolute Gasteiger partial charge is 0.303 e. The van der Waals surface area contributed by atoms with Gasteiger partial charge in [-0.15, -0.1) is 0 Å². The topological polar surface area (TPSA) is 168 Å². The molecule has 1 aliphatic carbocycles. The van der Waals surface area contributed by atoms with Crippen molar-refractivity contribution in [1.82, 2.24) is 24.4 Å². The maximum absolute atomic E-state index is 13.5. The van der Waals surface area contributed by atoms with E-state index in [1.165, 1.54) is 12.7 Å². The molecular formula is C25H32N6O5. The summed E-state index contributed by atoms with van der Waals surface area (Å²) in [7, 11) is 0. The summed E-state index contributed by atoms with van der Waals surface area (Å²) in [6, 6.07) is 8.91. The quantitative estimate of drug-likeness (QED) is 0.344. The van der Waals surface area contributed by atoms with Crippen LogP contribution < -0.4 is 5.73 Å². The largest absolute Gasteiger partial charge is 0.481 e. The van der Waals surface area contributed by atoms with Crippen molar-refractivity contribution in [3.63, 3.8) is 0 Å². The number of aromatic nitrogens is 4. The van der Waals surface area contributed by atoms with Gasteiger partial charge in [0.1, 0.15) is 17.9 Å². The summed E-state index contributed by atoms with van der Waals surface area (Å²) in [5.74, 6) is -1.26. The molecule has 0 unspecified atom stereocenters. The summed E-state index contributed by atoms with van der Waals surface area (Å²) >= 11 is 0. The number of imidazole rings is 1. The number of anilines is 1. The van der Waals surface area contributed by atoms with E-state index in [-0.39, 0.29) is 43.5 Å². The van der Waals surface area contributed by atoms with Gasteiger partial charge >= 0.3 is 5.97 Å². The van der Waals surface area contributed by atoms with Crippen molar-refractivity contribution in [2.75, 3.05) is 12.3 Å². The van der Waals surface area contributed by atoms with E-state index >= 15 is 0 Å². The first-order chi connectivity index (χ1) is 17.1. The molecule has 11 nitrogen and oxygen atoms in total. The van der Waals surface area contributed by atoms with Crippen molar-refractivity contribution >= 4 is 28.9 Å². The zero-order valence-electron chi connectivity index (χ0n) is 20.4. The third-order valence-electron chi connectivity index (χ3n) is 6.76. The fourth-order valence-corrected chi connectivity index (χ4v) is 5.09. The lowest BCUT2D eigenvalue weighted by atomic mass is 9.85. The van der Waals surface area contributed by atoms with Crippen molar-refractivity contribution in [2.24, 2.45) is 11.3 Å². The van der Waals surface area contributed by atoms with Crippen LogP contribution in [0.15, 0.2) is 43.0 Å². The monoisotopic (exact) mass is 496 g/mol. The van der Waals surface area contributed by atoms with Crippen molar-refractivity contribution in [3.8, 4) is 0 Å². The van der Waals surface area contributed by atoms with Crippen LogP contribution in [0.25, 0.3) is 11.2 Å². The number of nitrogens with two attached hydrogens (primary N) is 1. The first-order valence-electron chi connectivity index (χ1n) is 11.9. The standard InChI is InChI=1S/C25H32N6O5/c1-25(2,10-19(34)35)9-18(33)30(11-15-6-4-3-5-7-15)12-16-8-17(32)22(36)21(16)31-14-29-20-23(26)27-13-28-24(20)31/h3-7,13-14,16-17,21-22,32,36H,8-12H2,1-2H3,(H,34,35)(H2,26,27,28)/t16-,17-,21-,22-/m0/s1. The molecule has 2 heterocycles. The molecule has 0 aliphatic heterocycles. The van der Waals surface area contributed by atoms with E-state index < -0.39 is 29.6 Å². The lowest BCUT2D eigenvalue weighted by molar-refractivity contribution is -0.141. The molecule has 2 aromatic heterocycles. The number of carbonyl (C=O) groups excluding carboxylic acids is 1. The van der Waals surface area contributed by atoms with Gasteiger partial charge in [-0.3, -0.25) is 9.59 Å². The lowest BCUT2D eigenvalue weighted by Gasteiger charge is -2.32. The number of aliphatic hydroxyl groups is 2. The Bertz CT molecular complexity index is 1230. The summed E-state index contributed by atoms with van der Waals surface area (Å²) in [5.41, 5.74) is 6.96. The number of carboxylic acid groups (broad SMARTS) is 1. The van der Waals surface area contributed by atoms with E-state index in [0.717, 1.165) is 5.56 Å². The minimum Gasteiger partial charge on any atom is -0.481 e. The Morgan fingerprint density at radius 3 is 2.56 bits per heavy atom. The number of benzene rings is 1. The molecule has 5 N–H and O–H groups in total. The van der Waals surface area contributed by atoms with Crippen LogP contribution in [0.2, 0.25) is 0 Å². The van der Waals surface area contributed by atoms with Gasteiger partial charge < -0.3 is 30.5 Å². The Hall–Kier alpha value is -3.57. The highest BCUT2D eigenvalue weighted by Crippen LogP contribution is 2.39. The third kappa shape index (κ3) is 5.47. The molecule has 1 aliphatic rings. The van der Waals surface area contributed by atoms with E-state index in [1.54, 1.807) is 23.3 Å². The van der Waals surface area contributed by atoms with Crippen LogP contribution in [0.4, 0.5) is 5.82 Å². The van der Waals surface area contributed by atoms with Gasteiger partial charge in [-0.2, -0.15) is 0 Å². The average Bonchev–Trinajstić information content (AvgIpc) is 3.34. The lowest BCUT2D eigenvalue weighted by Crippen LogP contribution is -2.39. The average molecular weight is 497 g/mol. The number of carboxylic acids is 1. The normalized spacial score (nSPS) is 22.1. The first kappa shape index (κ1) is 25.5. The van der Waals surface area contributed by atoms with Crippen molar-refractivity contribution in [2.45, 2.75) is 57.9 Å². The Labute approximate surface area is 208 Å². The summed E-state index contributed by atoms with van der Waals surface area (Å²) in [6.45, 7) is 4.08. The van der Waals surface area contributed by atoms with Crippen LogP contribution in [0.3, 0.4) is 0 Å². The van der Waals surface area contributed by atoms with Crippen LogP contribution in [-0.2, 0) is 16.1 Å². The second kappa shape index (κ2) is 10.2. The van der Waals surface area contributed by atoms with Crippen molar-refractivity contribution in [1.29, 1.82) is 0 Å². The number of fused-ring (bicyclic) bond motifs is 1. The number of aliphatic carboxylic acids is 1. The molecule has 0 bridgehead atoms. The molecule has 11 heteroatoms. The molecule has 1 aromatic carbocycles. The number of nitrogens with zero attached hydrogens (tertiary/aromatic N) is 5. The molecule has 0 radical (unpaired) electrons. The van der Waals surface area contributed by atoms with Crippen LogP contribution >= 0.6 is 0 Å². The second-order valence-corrected chi connectivity index (χ2v) is 10.3. The number of nitrogen functional groups attached to an aromatic ring is 1. The molecule has 4 atom stereocenters. The van der Waals surface area contributed by atoms with Crippen LogP contribution in [0, 0.1) is 11.3 Å². The number of aliphatic hydroxyl groups excluding tert-OH is 2. The van der Waals surface area contributed by atoms with E-state index in [2.05, 4.69) is 15.0 Å². The van der Waals surface area contributed by atoms with E-state index in [4.69, 9.17) is 5.73 Å². The van der Waals surface area contributed by atoms with Crippen LogP contribution in [0.1, 0.15) is 44.7 Å². The summed E-state index contributed by atoms with van der Waals surface area (Å²) in [6.07, 6.45) is 0.931. The van der Waals surface area contributed by atoms with Gasteiger partial charge in [-0.05, 0) is 17.4 Å². The fourth-order valence-electron chi connectivity index (χ4n) is 5.09. The maximum atomic E-state index is 13.5. The number of carbonyl (C=O) groups is 2. The predicted octanol–water partition coefficient (Wildman–Crippen LogP) is 1.61. The first-order valence-corrected chi connectivity index (χ1v) is 11.9. The third-order valence-corrected chi connectivity index (χ3v) is 6.76. The SMILES string of the molecule is CC(C)(CC(=O)O)CC(=O)N(Cc1ccccc1)C[C@@H]1C[C@H](O)[C@H](O)[C@H]1n1cnc2c(N)ncnc21. The van der Waals surface area contributed by atoms with E-state index in [9.17, 15) is 24.9 Å². The Balaban J connectivity index is 1.64. The highest BCUT2D eigenvalue weighted by atomic mass is 16.4. The van der Waals surface area contributed by atoms with E-state index in [0.29, 0.717) is 17.7 Å². The number of amides is 1. The fraction of sp³-hybridized carbons (Fsp3) is 0.480. The molecule has 1 saturated carbocycles. The molecule has 0 spiro atoms. The molecule has 0 saturated heterocycles. The predicted molar refractivity (Wildman–Crippen MR) is 131 cm³/mol. The van der Waals surface area contributed by atoms with Crippen LogP contribution in [0.5, 0.6) is 0 Å².